The van der Waals surface area contributed by atoms with Gasteiger partial charge in [0.15, 0.2) is 0 Å². The van der Waals surface area contributed by atoms with Gasteiger partial charge < -0.3 is 15.1 Å². The molecule has 1 N–H and O–H groups in total. The smallest absolute Gasteiger partial charge is 0.0234 e. The number of rotatable bonds is 8. The van der Waals surface area contributed by atoms with Crippen LogP contribution < -0.4 is 5.32 Å². The fourth-order valence-electron chi connectivity index (χ4n) is 3.42. The first kappa shape index (κ1) is 20.4. The molecule has 0 amide bonds. The highest BCUT2D eigenvalue weighted by molar-refractivity contribution is 5.14. The summed E-state index contributed by atoms with van der Waals surface area (Å²) in [7, 11) is 2.24. The Morgan fingerprint density at radius 1 is 1.00 bits per heavy atom. The third-order valence-corrected chi connectivity index (χ3v) is 5.10. The van der Waals surface area contributed by atoms with E-state index in [1.54, 1.807) is 0 Å². The third kappa shape index (κ3) is 8.82. The number of hydrogen-bond donors (Lipinski definition) is 1. The SMILES string of the molecule is CCCCN(CCN1CCCN(C)CCNCC1)Cc1ccccc1. The van der Waals surface area contributed by atoms with Crippen LogP contribution >= 0.6 is 0 Å². The van der Waals surface area contributed by atoms with Crippen molar-refractivity contribution in [2.24, 2.45) is 0 Å². The highest BCUT2D eigenvalue weighted by Gasteiger charge is 2.11. The Morgan fingerprint density at radius 2 is 1.80 bits per heavy atom. The number of hydrogen-bond acceptors (Lipinski definition) is 4. The highest BCUT2D eigenvalue weighted by atomic mass is 15.2. The number of nitrogens with one attached hydrogen (secondary N) is 1. The molecule has 142 valence electrons. The predicted molar refractivity (Wildman–Crippen MR) is 108 cm³/mol. The first-order valence-electron chi connectivity index (χ1n) is 10.2. The van der Waals surface area contributed by atoms with Gasteiger partial charge in [0.25, 0.3) is 0 Å². The quantitative estimate of drug-likeness (QED) is 0.781. The van der Waals surface area contributed by atoms with Crippen molar-refractivity contribution in [2.45, 2.75) is 32.7 Å². The molecule has 2 rings (SSSR count). The van der Waals surface area contributed by atoms with Crippen molar-refractivity contribution < 1.29 is 0 Å². The van der Waals surface area contributed by atoms with Crippen LogP contribution in [0, 0.1) is 0 Å². The molecule has 0 aromatic heterocycles. The lowest BCUT2D eigenvalue weighted by molar-refractivity contribution is 0.184. The first-order valence-corrected chi connectivity index (χ1v) is 10.2. The lowest BCUT2D eigenvalue weighted by atomic mass is 10.2. The fraction of sp³-hybridized carbons (Fsp3) is 0.714. The Labute approximate surface area is 155 Å². The second kappa shape index (κ2) is 12.4. The molecule has 0 radical (unpaired) electrons. The Kier molecular flexibility index (Phi) is 10.1. The van der Waals surface area contributed by atoms with Gasteiger partial charge in [-0.3, -0.25) is 4.90 Å². The van der Waals surface area contributed by atoms with Crippen molar-refractivity contribution in [3.8, 4) is 0 Å². The van der Waals surface area contributed by atoms with E-state index >= 15 is 0 Å². The van der Waals surface area contributed by atoms with Crippen LogP contribution in [0.4, 0.5) is 0 Å². The van der Waals surface area contributed by atoms with E-state index in [-0.39, 0.29) is 0 Å². The standard InChI is InChI=1S/C21H38N4/c1-3-4-14-25(20-21-9-6-5-7-10-21)19-18-24-15-8-13-23(2)16-11-22-12-17-24/h5-7,9-10,22H,3-4,8,11-20H2,1-2H3. The van der Waals surface area contributed by atoms with E-state index in [4.69, 9.17) is 0 Å². The molecule has 0 unspecified atom stereocenters. The molecule has 4 nitrogen and oxygen atoms in total. The van der Waals surface area contributed by atoms with E-state index in [0.717, 1.165) is 19.6 Å². The molecule has 0 aliphatic carbocycles. The summed E-state index contributed by atoms with van der Waals surface area (Å²) < 4.78 is 0. The van der Waals surface area contributed by atoms with Crippen LogP contribution in [-0.2, 0) is 6.54 Å². The number of nitrogens with zero attached hydrogens (tertiary/aromatic N) is 3. The van der Waals surface area contributed by atoms with Gasteiger partial charge in [-0.2, -0.15) is 0 Å². The lowest BCUT2D eigenvalue weighted by Gasteiger charge is -2.29. The molecule has 0 saturated carbocycles. The molecule has 1 aromatic rings. The monoisotopic (exact) mass is 346 g/mol. The summed E-state index contributed by atoms with van der Waals surface area (Å²) in [6.07, 6.45) is 3.84. The second-order valence-corrected chi connectivity index (χ2v) is 7.36. The van der Waals surface area contributed by atoms with Crippen LogP contribution in [0.25, 0.3) is 0 Å². The molecule has 1 aromatic carbocycles. The lowest BCUT2D eigenvalue weighted by Crippen LogP contribution is -2.42. The highest BCUT2D eigenvalue weighted by Crippen LogP contribution is 2.07. The second-order valence-electron chi connectivity index (χ2n) is 7.36. The Bertz CT molecular complexity index is 437. The minimum atomic E-state index is 1.08. The summed E-state index contributed by atoms with van der Waals surface area (Å²) in [6.45, 7) is 13.9. The van der Waals surface area contributed by atoms with Gasteiger partial charge in [-0.15, -0.1) is 0 Å². The van der Waals surface area contributed by atoms with E-state index in [2.05, 4.69) is 64.3 Å². The van der Waals surface area contributed by atoms with Crippen molar-refractivity contribution in [1.82, 2.24) is 20.0 Å². The molecule has 0 bridgehead atoms. The van der Waals surface area contributed by atoms with Crippen molar-refractivity contribution in [2.75, 3.05) is 66.0 Å². The summed E-state index contributed by atoms with van der Waals surface area (Å²) in [5.74, 6) is 0. The Balaban J connectivity index is 1.81. The molecule has 1 aliphatic rings. The average Bonchev–Trinajstić information content (AvgIpc) is 2.64. The molecular weight excluding hydrogens is 308 g/mol. The van der Waals surface area contributed by atoms with Gasteiger partial charge in [-0.25, -0.2) is 0 Å². The zero-order valence-electron chi connectivity index (χ0n) is 16.4. The Hall–Kier alpha value is -0.940. The molecule has 1 saturated heterocycles. The zero-order valence-corrected chi connectivity index (χ0v) is 16.4. The van der Waals surface area contributed by atoms with Gasteiger partial charge in [0.05, 0.1) is 0 Å². The summed E-state index contributed by atoms with van der Waals surface area (Å²) in [6, 6.07) is 10.9. The predicted octanol–water partition coefficient (Wildman–Crippen LogP) is 2.52. The van der Waals surface area contributed by atoms with E-state index in [1.165, 1.54) is 70.6 Å². The van der Waals surface area contributed by atoms with Gasteiger partial charge in [0, 0.05) is 45.8 Å². The maximum absolute atomic E-state index is 3.58. The van der Waals surface area contributed by atoms with Crippen LogP contribution in [0.15, 0.2) is 30.3 Å². The van der Waals surface area contributed by atoms with Crippen LogP contribution in [0.2, 0.25) is 0 Å². The molecule has 0 atom stereocenters. The normalized spacial score (nSPS) is 18.5. The fourth-order valence-corrected chi connectivity index (χ4v) is 3.42. The number of benzene rings is 1. The van der Waals surface area contributed by atoms with Crippen molar-refractivity contribution in [3.05, 3.63) is 35.9 Å². The molecule has 25 heavy (non-hydrogen) atoms. The average molecular weight is 347 g/mol. The largest absolute Gasteiger partial charge is 0.314 e. The first-order chi connectivity index (χ1) is 12.3. The molecule has 4 heteroatoms. The van der Waals surface area contributed by atoms with Crippen LogP contribution in [-0.4, -0.2) is 80.7 Å². The molecule has 1 fully saturated rings. The summed E-state index contributed by atoms with van der Waals surface area (Å²) in [5.41, 5.74) is 1.43. The van der Waals surface area contributed by atoms with Gasteiger partial charge in [-0.05, 0) is 45.1 Å². The molecular formula is C21H38N4. The number of likely N-dealkylation sites (N-methyl/N-ethyl adjacent to an activating group) is 1. The maximum atomic E-state index is 3.58. The van der Waals surface area contributed by atoms with Gasteiger partial charge in [0.1, 0.15) is 0 Å². The number of unbranched alkanes of at least 4 members (excludes halogenated alkanes) is 1. The topological polar surface area (TPSA) is 21.8 Å². The van der Waals surface area contributed by atoms with Crippen LogP contribution in [0.3, 0.4) is 0 Å². The van der Waals surface area contributed by atoms with Gasteiger partial charge >= 0.3 is 0 Å². The zero-order chi connectivity index (χ0) is 17.7. The summed E-state index contributed by atoms with van der Waals surface area (Å²) in [4.78, 5) is 7.73. The van der Waals surface area contributed by atoms with Gasteiger partial charge in [-0.1, -0.05) is 43.7 Å². The Morgan fingerprint density at radius 3 is 2.60 bits per heavy atom. The van der Waals surface area contributed by atoms with E-state index in [0.29, 0.717) is 0 Å². The summed E-state index contributed by atoms with van der Waals surface area (Å²) in [5, 5.41) is 3.58. The van der Waals surface area contributed by atoms with Crippen LogP contribution in [0.5, 0.6) is 0 Å². The van der Waals surface area contributed by atoms with E-state index in [9.17, 15) is 0 Å². The van der Waals surface area contributed by atoms with Crippen molar-refractivity contribution >= 4 is 0 Å². The van der Waals surface area contributed by atoms with Crippen molar-refractivity contribution in [3.63, 3.8) is 0 Å². The van der Waals surface area contributed by atoms with Gasteiger partial charge in [0.2, 0.25) is 0 Å². The molecule has 1 aliphatic heterocycles. The third-order valence-electron chi connectivity index (χ3n) is 5.10. The van der Waals surface area contributed by atoms with Crippen molar-refractivity contribution in [1.29, 1.82) is 0 Å². The molecule has 0 spiro atoms. The minimum Gasteiger partial charge on any atom is -0.314 e. The van der Waals surface area contributed by atoms with E-state index in [1.807, 2.05) is 0 Å². The van der Waals surface area contributed by atoms with E-state index < -0.39 is 0 Å². The molecule has 1 heterocycles. The summed E-state index contributed by atoms with van der Waals surface area (Å²) >= 11 is 0. The maximum Gasteiger partial charge on any atom is 0.0234 e. The van der Waals surface area contributed by atoms with Crippen LogP contribution in [0.1, 0.15) is 31.7 Å². The minimum absolute atomic E-state index is 1.08.